The second-order valence-corrected chi connectivity index (χ2v) is 7.08. The second kappa shape index (κ2) is 9.38. The molecule has 1 saturated heterocycles. The standard InChI is InChI=1S/C18H33N3O2/c1-3-20-11-13-21(14-12-20)10-4-9-19-18(23)17-7-5-16(6-8-17)15(2)22/h16-17H,3-14H2,1-2H3,(H,19,23). The summed E-state index contributed by atoms with van der Waals surface area (Å²) in [5.41, 5.74) is 0. The van der Waals surface area contributed by atoms with E-state index in [0.29, 0.717) is 0 Å². The van der Waals surface area contributed by atoms with Gasteiger partial charge in [-0.15, -0.1) is 0 Å². The van der Waals surface area contributed by atoms with Crippen molar-refractivity contribution in [1.29, 1.82) is 0 Å². The van der Waals surface area contributed by atoms with Gasteiger partial charge in [0.1, 0.15) is 5.78 Å². The van der Waals surface area contributed by atoms with Crippen LogP contribution in [0.3, 0.4) is 0 Å². The third kappa shape index (κ3) is 5.88. The molecule has 0 aromatic carbocycles. The minimum absolute atomic E-state index is 0.124. The number of rotatable bonds is 7. The number of Topliss-reactive ketones (excluding diaryl/α,β-unsaturated/α-hetero) is 1. The van der Waals surface area contributed by atoms with Gasteiger partial charge in [0.15, 0.2) is 0 Å². The minimum atomic E-state index is 0.124. The lowest BCUT2D eigenvalue weighted by Crippen LogP contribution is -2.46. The lowest BCUT2D eigenvalue weighted by molar-refractivity contribution is -0.128. The summed E-state index contributed by atoms with van der Waals surface area (Å²) in [5, 5.41) is 3.10. The fraction of sp³-hybridized carbons (Fsp3) is 0.889. The topological polar surface area (TPSA) is 52.6 Å². The molecule has 5 heteroatoms. The first-order valence-electron chi connectivity index (χ1n) is 9.33. The van der Waals surface area contributed by atoms with Crippen LogP contribution in [0.25, 0.3) is 0 Å². The summed E-state index contributed by atoms with van der Waals surface area (Å²) in [6.07, 6.45) is 4.54. The first-order chi connectivity index (χ1) is 11.1. The summed E-state index contributed by atoms with van der Waals surface area (Å²) >= 11 is 0. The second-order valence-electron chi connectivity index (χ2n) is 7.08. The van der Waals surface area contributed by atoms with Gasteiger partial charge in [-0.05, 0) is 52.1 Å². The molecule has 0 aromatic rings. The lowest BCUT2D eigenvalue weighted by Gasteiger charge is -2.34. The fourth-order valence-corrected chi connectivity index (χ4v) is 3.75. The van der Waals surface area contributed by atoms with E-state index < -0.39 is 0 Å². The molecule has 23 heavy (non-hydrogen) atoms. The molecule has 2 rings (SSSR count). The molecule has 1 amide bonds. The van der Waals surface area contributed by atoms with Crippen molar-refractivity contribution in [2.24, 2.45) is 11.8 Å². The highest BCUT2D eigenvalue weighted by molar-refractivity contribution is 5.80. The summed E-state index contributed by atoms with van der Waals surface area (Å²) < 4.78 is 0. The monoisotopic (exact) mass is 323 g/mol. The molecule has 5 nitrogen and oxygen atoms in total. The summed E-state index contributed by atoms with van der Waals surface area (Å²) in [5.74, 6) is 0.800. The van der Waals surface area contributed by atoms with E-state index in [1.165, 1.54) is 13.1 Å². The Kier molecular flexibility index (Phi) is 7.50. The van der Waals surface area contributed by atoms with Crippen LogP contribution < -0.4 is 5.32 Å². The van der Waals surface area contributed by atoms with Crippen LogP contribution in [-0.2, 0) is 9.59 Å². The van der Waals surface area contributed by atoms with Crippen molar-refractivity contribution in [3.05, 3.63) is 0 Å². The molecule has 1 aliphatic heterocycles. The molecule has 0 atom stereocenters. The van der Waals surface area contributed by atoms with E-state index in [9.17, 15) is 9.59 Å². The minimum Gasteiger partial charge on any atom is -0.356 e. The summed E-state index contributed by atoms with van der Waals surface area (Å²) in [6, 6.07) is 0. The van der Waals surface area contributed by atoms with Gasteiger partial charge in [-0.3, -0.25) is 9.59 Å². The van der Waals surface area contributed by atoms with Crippen LogP contribution in [0.2, 0.25) is 0 Å². The molecule has 0 spiro atoms. The molecule has 2 fully saturated rings. The van der Waals surface area contributed by atoms with Crippen molar-refractivity contribution in [2.45, 2.75) is 46.0 Å². The number of hydrogen-bond acceptors (Lipinski definition) is 4. The number of likely N-dealkylation sites (N-methyl/N-ethyl adjacent to an activating group) is 1. The average Bonchev–Trinajstić information content (AvgIpc) is 2.59. The maximum Gasteiger partial charge on any atom is 0.223 e. The Morgan fingerprint density at radius 1 is 0.957 bits per heavy atom. The number of amides is 1. The zero-order valence-corrected chi connectivity index (χ0v) is 14.9. The summed E-state index contributed by atoms with van der Waals surface area (Å²) in [6.45, 7) is 11.5. The first kappa shape index (κ1) is 18.4. The van der Waals surface area contributed by atoms with Crippen LogP contribution in [0.15, 0.2) is 0 Å². The molecular formula is C18H33N3O2. The maximum atomic E-state index is 12.2. The third-order valence-corrected chi connectivity index (χ3v) is 5.54. The number of carbonyl (C=O) groups excluding carboxylic acids is 2. The van der Waals surface area contributed by atoms with E-state index in [1.54, 1.807) is 6.92 Å². The Bertz CT molecular complexity index is 384. The number of piperazine rings is 1. The molecule has 132 valence electrons. The van der Waals surface area contributed by atoms with Crippen LogP contribution in [0.1, 0.15) is 46.0 Å². The predicted molar refractivity (Wildman–Crippen MR) is 92.3 cm³/mol. The van der Waals surface area contributed by atoms with Gasteiger partial charge in [0.2, 0.25) is 5.91 Å². The van der Waals surface area contributed by atoms with Crippen molar-refractivity contribution in [1.82, 2.24) is 15.1 Å². The van der Waals surface area contributed by atoms with E-state index in [0.717, 1.165) is 64.8 Å². The van der Waals surface area contributed by atoms with Crippen LogP contribution in [0.4, 0.5) is 0 Å². The normalized spacial score (nSPS) is 26.9. The largest absolute Gasteiger partial charge is 0.356 e. The average molecular weight is 323 g/mol. The summed E-state index contributed by atoms with van der Waals surface area (Å²) in [7, 11) is 0. The highest BCUT2D eigenvalue weighted by atomic mass is 16.2. The summed E-state index contributed by atoms with van der Waals surface area (Å²) in [4.78, 5) is 28.5. The van der Waals surface area contributed by atoms with Crippen molar-refractivity contribution < 1.29 is 9.59 Å². The number of nitrogens with zero attached hydrogens (tertiary/aromatic N) is 2. The maximum absolute atomic E-state index is 12.2. The van der Waals surface area contributed by atoms with Crippen molar-refractivity contribution in [3.8, 4) is 0 Å². The molecule has 0 bridgehead atoms. The predicted octanol–water partition coefficient (Wildman–Crippen LogP) is 1.53. The SMILES string of the molecule is CCN1CCN(CCCNC(=O)C2CCC(C(C)=O)CC2)CC1. The molecule has 0 aromatic heterocycles. The zero-order valence-electron chi connectivity index (χ0n) is 14.9. The Morgan fingerprint density at radius 2 is 1.52 bits per heavy atom. The van der Waals surface area contributed by atoms with Gasteiger partial charge in [0.05, 0.1) is 0 Å². The molecule has 1 heterocycles. The van der Waals surface area contributed by atoms with E-state index in [1.807, 2.05) is 0 Å². The molecule has 1 N–H and O–H groups in total. The van der Waals surface area contributed by atoms with Crippen molar-refractivity contribution in [2.75, 3.05) is 45.8 Å². The van der Waals surface area contributed by atoms with Gasteiger partial charge < -0.3 is 15.1 Å². The molecule has 2 aliphatic rings. The number of hydrogen-bond donors (Lipinski definition) is 1. The van der Waals surface area contributed by atoms with E-state index in [-0.39, 0.29) is 23.5 Å². The third-order valence-electron chi connectivity index (χ3n) is 5.54. The molecule has 0 radical (unpaired) electrons. The number of ketones is 1. The molecule has 1 aliphatic carbocycles. The number of carbonyl (C=O) groups is 2. The molecule has 1 saturated carbocycles. The van der Waals surface area contributed by atoms with Gasteiger partial charge in [-0.2, -0.15) is 0 Å². The van der Waals surface area contributed by atoms with Gasteiger partial charge in [0.25, 0.3) is 0 Å². The van der Waals surface area contributed by atoms with Gasteiger partial charge in [-0.25, -0.2) is 0 Å². The Morgan fingerprint density at radius 3 is 2.09 bits per heavy atom. The van der Waals surface area contributed by atoms with Gasteiger partial charge in [0, 0.05) is 44.6 Å². The van der Waals surface area contributed by atoms with Crippen LogP contribution in [0, 0.1) is 11.8 Å². The van der Waals surface area contributed by atoms with Crippen LogP contribution in [0.5, 0.6) is 0 Å². The zero-order chi connectivity index (χ0) is 16.7. The van der Waals surface area contributed by atoms with Crippen molar-refractivity contribution in [3.63, 3.8) is 0 Å². The fourth-order valence-electron chi connectivity index (χ4n) is 3.75. The first-order valence-corrected chi connectivity index (χ1v) is 9.33. The number of nitrogens with one attached hydrogen (secondary N) is 1. The Balaban J connectivity index is 1.54. The van der Waals surface area contributed by atoms with E-state index in [4.69, 9.17) is 0 Å². The van der Waals surface area contributed by atoms with E-state index >= 15 is 0 Å². The Hall–Kier alpha value is -0.940. The van der Waals surface area contributed by atoms with Crippen LogP contribution >= 0.6 is 0 Å². The molecular weight excluding hydrogens is 290 g/mol. The van der Waals surface area contributed by atoms with Crippen molar-refractivity contribution >= 4 is 11.7 Å². The van der Waals surface area contributed by atoms with Gasteiger partial charge >= 0.3 is 0 Å². The van der Waals surface area contributed by atoms with E-state index in [2.05, 4.69) is 22.0 Å². The quantitative estimate of drug-likeness (QED) is 0.722. The van der Waals surface area contributed by atoms with Gasteiger partial charge in [-0.1, -0.05) is 6.92 Å². The lowest BCUT2D eigenvalue weighted by atomic mass is 9.80. The van der Waals surface area contributed by atoms with Crippen LogP contribution in [-0.4, -0.2) is 67.3 Å². The highest BCUT2D eigenvalue weighted by Gasteiger charge is 2.28. The highest BCUT2D eigenvalue weighted by Crippen LogP contribution is 2.29. The smallest absolute Gasteiger partial charge is 0.223 e. The Labute approximate surface area is 140 Å². The molecule has 0 unspecified atom stereocenters.